The van der Waals surface area contributed by atoms with Gasteiger partial charge in [-0.05, 0) is 24.5 Å². The van der Waals surface area contributed by atoms with Gasteiger partial charge in [0.25, 0.3) is 0 Å². The highest BCUT2D eigenvalue weighted by Gasteiger charge is 2.13. The molecule has 0 bridgehead atoms. The van der Waals surface area contributed by atoms with Crippen LogP contribution in [0.15, 0.2) is 40.0 Å². The third kappa shape index (κ3) is 3.90. The Morgan fingerprint density at radius 1 is 1.19 bits per heavy atom. The molecule has 0 aliphatic rings. The highest BCUT2D eigenvalue weighted by Crippen LogP contribution is 2.18. The molecule has 26 heavy (non-hydrogen) atoms. The van der Waals surface area contributed by atoms with E-state index in [0.29, 0.717) is 6.54 Å². The molecule has 0 saturated carbocycles. The Labute approximate surface area is 154 Å². The number of aliphatic imine (C=N–C) groups is 1. The molecule has 0 spiro atoms. The zero-order valence-corrected chi connectivity index (χ0v) is 15.7. The van der Waals surface area contributed by atoms with Gasteiger partial charge in [0.2, 0.25) is 0 Å². The number of hydrogen-bond donors (Lipinski definition) is 3. The van der Waals surface area contributed by atoms with Crippen LogP contribution in [0.3, 0.4) is 0 Å². The Morgan fingerprint density at radius 2 is 2.04 bits per heavy atom. The van der Waals surface area contributed by atoms with Crippen molar-refractivity contribution in [3.8, 4) is 0 Å². The summed E-state index contributed by atoms with van der Waals surface area (Å²) < 4.78 is 5.42. The molecule has 138 valence electrons. The molecule has 0 unspecified atom stereocenters. The second kappa shape index (κ2) is 8.56. The molecule has 3 rings (SSSR count). The fourth-order valence-electron chi connectivity index (χ4n) is 3.18. The van der Waals surface area contributed by atoms with E-state index >= 15 is 0 Å². The summed E-state index contributed by atoms with van der Waals surface area (Å²) in [5.41, 5.74) is 4.65. The van der Waals surface area contributed by atoms with Gasteiger partial charge in [-0.15, -0.1) is 0 Å². The molecule has 2 heterocycles. The lowest BCUT2D eigenvalue weighted by atomic mass is 10.1. The minimum Gasteiger partial charge on any atom is -0.361 e. The van der Waals surface area contributed by atoms with Crippen molar-refractivity contribution < 1.29 is 4.52 Å². The molecule has 3 aromatic rings. The normalized spacial score (nSPS) is 11.9. The van der Waals surface area contributed by atoms with Crippen LogP contribution >= 0.6 is 0 Å². The number of aromatic amines is 1. The summed E-state index contributed by atoms with van der Waals surface area (Å²) >= 11 is 0. The number of aromatic nitrogens is 2. The van der Waals surface area contributed by atoms with Crippen LogP contribution in [0.2, 0.25) is 0 Å². The predicted octanol–water partition coefficient (Wildman–Crippen LogP) is 3.19. The van der Waals surface area contributed by atoms with Crippen LogP contribution in [0.4, 0.5) is 0 Å². The number of H-pyrrole nitrogens is 1. The molecule has 0 aliphatic carbocycles. The molecule has 3 N–H and O–H groups in total. The van der Waals surface area contributed by atoms with E-state index in [1.165, 1.54) is 16.5 Å². The van der Waals surface area contributed by atoms with E-state index < -0.39 is 0 Å². The minimum absolute atomic E-state index is 0.669. The lowest BCUT2D eigenvalue weighted by Gasteiger charge is -2.12. The van der Waals surface area contributed by atoms with Gasteiger partial charge >= 0.3 is 0 Å². The van der Waals surface area contributed by atoms with E-state index in [0.717, 1.165) is 48.8 Å². The molecule has 0 radical (unpaired) electrons. The SMILES string of the molecule is CCc1noc(CC)c1CNC(=NC)NCCc1c[nH]c2ccccc12. The van der Waals surface area contributed by atoms with E-state index in [4.69, 9.17) is 4.52 Å². The Kier molecular flexibility index (Phi) is 5.94. The maximum Gasteiger partial charge on any atom is 0.191 e. The van der Waals surface area contributed by atoms with Gasteiger partial charge in [0.1, 0.15) is 5.76 Å². The van der Waals surface area contributed by atoms with E-state index in [-0.39, 0.29) is 0 Å². The van der Waals surface area contributed by atoms with Gasteiger partial charge in [0, 0.05) is 49.2 Å². The van der Waals surface area contributed by atoms with Gasteiger partial charge in [-0.2, -0.15) is 0 Å². The zero-order valence-electron chi connectivity index (χ0n) is 15.7. The topological polar surface area (TPSA) is 78.2 Å². The third-order valence-corrected chi connectivity index (χ3v) is 4.62. The number of guanidine groups is 1. The van der Waals surface area contributed by atoms with Crippen LogP contribution in [0, 0.1) is 0 Å². The molecular weight excluding hydrogens is 326 g/mol. The van der Waals surface area contributed by atoms with E-state index in [1.54, 1.807) is 7.05 Å². The van der Waals surface area contributed by atoms with E-state index in [9.17, 15) is 0 Å². The monoisotopic (exact) mass is 353 g/mol. The number of hydrogen-bond acceptors (Lipinski definition) is 3. The molecule has 0 aliphatic heterocycles. The molecular formula is C20H27N5O. The van der Waals surface area contributed by atoms with Crippen molar-refractivity contribution >= 4 is 16.9 Å². The van der Waals surface area contributed by atoms with Crippen LogP contribution in [-0.4, -0.2) is 29.7 Å². The fourth-order valence-corrected chi connectivity index (χ4v) is 3.18. The van der Waals surface area contributed by atoms with Crippen molar-refractivity contribution in [2.24, 2.45) is 4.99 Å². The first-order chi connectivity index (χ1) is 12.8. The first-order valence-electron chi connectivity index (χ1n) is 9.22. The van der Waals surface area contributed by atoms with Crippen LogP contribution in [0.1, 0.15) is 36.4 Å². The lowest BCUT2D eigenvalue weighted by Crippen LogP contribution is -2.38. The molecule has 0 atom stereocenters. The van der Waals surface area contributed by atoms with Crippen molar-refractivity contribution in [3.63, 3.8) is 0 Å². The van der Waals surface area contributed by atoms with E-state index in [2.05, 4.69) is 64.0 Å². The second-order valence-electron chi connectivity index (χ2n) is 6.20. The molecule has 1 aromatic carbocycles. The number of para-hydroxylation sites is 1. The smallest absolute Gasteiger partial charge is 0.191 e. The van der Waals surface area contributed by atoms with Crippen molar-refractivity contribution in [1.29, 1.82) is 0 Å². The number of aryl methyl sites for hydroxylation is 2. The maximum atomic E-state index is 5.42. The third-order valence-electron chi connectivity index (χ3n) is 4.62. The second-order valence-corrected chi connectivity index (χ2v) is 6.20. The summed E-state index contributed by atoms with van der Waals surface area (Å²) in [6.45, 7) is 5.65. The van der Waals surface area contributed by atoms with Gasteiger partial charge in [-0.3, -0.25) is 4.99 Å². The minimum atomic E-state index is 0.669. The lowest BCUT2D eigenvalue weighted by molar-refractivity contribution is 0.380. The zero-order chi connectivity index (χ0) is 18.4. The van der Waals surface area contributed by atoms with Gasteiger partial charge in [0.15, 0.2) is 5.96 Å². The summed E-state index contributed by atoms with van der Waals surface area (Å²) in [4.78, 5) is 7.63. The Hall–Kier alpha value is -2.76. The van der Waals surface area contributed by atoms with Gasteiger partial charge in [-0.1, -0.05) is 37.2 Å². The summed E-state index contributed by atoms with van der Waals surface area (Å²) in [6, 6.07) is 8.37. The Morgan fingerprint density at radius 3 is 2.81 bits per heavy atom. The molecule has 0 saturated heterocycles. The molecule has 2 aromatic heterocycles. The Balaban J connectivity index is 1.55. The maximum absolute atomic E-state index is 5.42. The number of benzene rings is 1. The average Bonchev–Trinajstić information content (AvgIpc) is 3.28. The van der Waals surface area contributed by atoms with Crippen LogP contribution in [0.5, 0.6) is 0 Å². The predicted molar refractivity (Wildman–Crippen MR) is 105 cm³/mol. The summed E-state index contributed by atoms with van der Waals surface area (Å²) in [7, 11) is 1.79. The van der Waals surface area contributed by atoms with E-state index in [1.807, 2.05) is 6.07 Å². The summed E-state index contributed by atoms with van der Waals surface area (Å²) in [5, 5.41) is 12.2. The summed E-state index contributed by atoms with van der Waals surface area (Å²) in [6.07, 6.45) is 4.73. The van der Waals surface area contributed by atoms with Crippen molar-refractivity contribution in [2.75, 3.05) is 13.6 Å². The van der Waals surface area contributed by atoms with Gasteiger partial charge in [0.05, 0.1) is 5.69 Å². The summed E-state index contributed by atoms with van der Waals surface area (Å²) in [5.74, 6) is 1.73. The largest absolute Gasteiger partial charge is 0.361 e. The van der Waals surface area contributed by atoms with Crippen LogP contribution in [-0.2, 0) is 25.8 Å². The van der Waals surface area contributed by atoms with Crippen LogP contribution < -0.4 is 10.6 Å². The highest BCUT2D eigenvalue weighted by molar-refractivity contribution is 5.83. The fraction of sp³-hybridized carbons (Fsp3) is 0.400. The average molecular weight is 353 g/mol. The molecule has 0 fully saturated rings. The quantitative estimate of drug-likeness (QED) is 0.450. The molecule has 6 heteroatoms. The first-order valence-corrected chi connectivity index (χ1v) is 9.22. The molecule has 0 amide bonds. The Bertz CT molecular complexity index is 856. The van der Waals surface area contributed by atoms with Crippen LogP contribution in [0.25, 0.3) is 10.9 Å². The number of rotatable bonds is 7. The molecule has 6 nitrogen and oxygen atoms in total. The van der Waals surface area contributed by atoms with Crippen molar-refractivity contribution in [3.05, 3.63) is 53.0 Å². The van der Waals surface area contributed by atoms with Crippen molar-refractivity contribution in [1.82, 2.24) is 20.8 Å². The number of fused-ring (bicyclic) bond motifs is 1. The first kappa shape index (κ1) is 18.0. The van der Waals surface area contributed by atoms with Gasteiger partial charge in [-0.25, -0.2) is 0 Å². The van der Waals surface area contributed by atoms with Crippen molar-refractivity contribution in [2.45, 2.75) is 39.7 Å². The highest BCUT2D eigenvalue weighted by atomic mass is 16.5. The van der Waals surface area contributed by atoms with Gasteiger partial charge < -0.3 is 20.1 Å². The standard InChI is InChI=1S/C20H27N5O/c1-4-17-16(19(5-2)26-25-17)13-24-20(21-3)22-11-10-14-12-23-18-9-7-6-8-15(14)18/h6-9,12,23H,4-5,10-11,13H2,1-3H3,(H2,21,22,24). The number of nitrogens with zero attached hydrogens (tertiary/aromatic N) is 2. The number of nitrogens with one attached hydrogen (secondary N) is 3.